The fourth-order valence-corrected chi connectivity index (χ4v) is 12.5. The quantitative estimate of drug-likeness (QED) is 0.225. The first-order valence-corrected chi connectivity index (χ1v) is 20.7. The summed E-state index contributed by atoms with van der Waals surface area (Å²) >= 11 is -1.49. The number of halogens is 2. The van der Waals surface area contributed by atoms with E-state index in [9.17, 15) is 0 Å². The van der Waals surface area contributed by atoms with E-state index >= 15 is 0 Å². The molecule has 0 radical (unpaired) electrons. The zero-order chi connectivity index (χ0) is 35.1. The Morgan fingerprint density at radius 1 is 0.537 bits per heavy atom. The molecule has 3 aliphatic rings. The molecule has 0 fully saturated rings. The van der Waals surface area contributed by atoms with Crippen LogP contribution >= 0.6 is 0 Å². The van der Waals surface area contributed by atoms with Crippen LogP contribution < -0.4 is 35.3 Å². The van der Waals surface area contributed by atoms with Crippen LogP contribution in [0.3, 0.4) is 0 Å². The molecular weight excluding hydrogens is 775 g/mol. The van der Waals surface area contributed by atoms with E-state index in [1.165, 1.54) is 80.5 Å². The Labute approximate surface area is 342 Å². The molecular formula is C51H39Cl2Zr. The van der Waals surface area contributed by atoms with Crippen LogP contribution in [-0.2, 0) is 28.2 Å². The van der Waals surface area contributed by atoms with Gasteiger partial charge in [0.15, 0.2) is 0 Å². The summed E-state index contributed by atoms with van der Waals surface area (Å²) in [5.41, 5.74) is 15.9. The topological polar surface area (TPSA) is 0 Å². The Kier molecular flexibility index (Phi) is 11.1. The van der Waals surface area contributed by atoms with Crippen molar-refractivity contribution < 1.29 is 47.6 Å². The van der Waals surface area contributed by atoms with Gasteiger partial charge >= 0.3 is 320 Å². The molecule has 0 N–H and O–H groups in total. The molecule has 0 saturated carbocycles. The second-order valence-corrected chi connectivity index (χ2v) is 17.2. The zero-order valence-electron chi connectivity index (χ0n) is 30.4. The van der Waals surface area contributed by atoms with Crippen molar-refractivity contribution in [3.8, 4) is 0 Å². The van der Waals surface area contributed by atoms with Crippen LogP contribution in [0.5, 0.6) is 0 Å². The predicted molar refractivity (Wildman–Crippen MR) is 216 cm³/mol. The standard InChI is InChI=1S/C38H29.C13H10.2ClH.Zr/c1-26-22-23-32-30(24-26)25-33-35(32)34(27-14-6-3-7-15-27)37(29-16-8-4-9-17-29)38(2,31-20-10-5-11-21-31)36(33)28-18-12-13-19-28;1-3-7-12(8-4-1)11-13-9-5-2-6-10-13;;;/h3-18,20-24H,19H2,1-2H3;1-10H;2*1H;/q;;;;+2/p-2. The molecule has 1 unspecified atom stereocenters. The summed E-state index contributed by atoms with van der Waals surface area (Å²) < 4.78 is 3.09. The Morgan fingerprint density at radius 3 is 1.63 bits per heavy atom. The summed E-state index contributed by atoms with van der Waals surface area (Å²) in [6.45, 7) is 4.77. The summed E-state index contributed by atoms with van der Waals surface area (Å²) in [6.07, 6.45) is 7.93. The summed E-state index contributed by atoms with van der Waals surface area (Å²) in [6, 6.07) is 63.3. The fourth-order valence-electron chi connectivity index (χ4n) is 8.62. The second-order valence-electron chi connectivity index (χ2n) is 14.1. The van der Waals surface area contributed by atoms with Crippen molar-refractivity contribution in [1.82, 2.24) is 0 Å². The molecule has 6 aromatic carbocycles. The maximum absolute atomic E-state index is 2.52. The Bertz CT molecular complexity index is 2580. The third-order valence-corrected chi connectivity index (χ3v) is 14.8. The minimum Gasteiger partial charge on any atom is -1.00 e. The molecule has 3 heteroatoms. The normalized spacial score (nSPS) is 16.9. The molecule has 0 saturated heterocycles. The molecule has 0 aromatic heterocycles. The van der Waals surface area contributed by atoms with Crippen LogP contribution in [0.4, 0.5) is 0 Å². The van der Waals surface area contributed by atoms with E-state index in [4.69, 9.17) is 0 Å². The maximum Gasteiger partial charge on any atom is -1.00 e. The third kappa shape index (κ3) is 6.47. The van der Waals surface area contributed by atoms with Gasteiger partial charge in [-0.15, -0.1) is 0 Å². The molecule has 0 heterocycles. The van der Waals surface area contributed by atoms with Crippen LogP contribution in [0.15, 0.2) is 205 Å². The van der Waals surface area contributed by atoms with Crippen LogP contribution in [0.1, 0.15) is 46.7 Å². The molecule has 0 aliphatic heterocycles. The maximum atomic E-state index is 2.52. The Balaban J connectivity index is 0.00000225. The van der Waals surface area contributed by atoms with Crippen molar-refractivity contribution >= 4 is 23.2 Å². The molecule has 0 bridgehead atoms. The summed E-state index contributed by atoms with van der Waals surface area (Å²) in [4.78, 5) is 0. The number of fused-ring (bicyclic) bond motifs is 2. The van der Waals surface area contributed by atoms with Crippen molar-refractivity contribution in [2.45, 2.75) is 25.7 Å². The minimum absolute atomic E-state index is 0. The second kappa shape index (κ2) is 16.0. The van der Waals surface area contributed by atoms with Gasteiger partial charge in [0.2, 0.25) is 0 Å². The monoisotopic (exact) mass is 811 g/mol. The largest absolute Gasteiger partial charge is 1.00 e. The first-order valence-electron chi connectivity index (χ1n) is 18.3. The third-order valence-electron chi connectivity index (χ3n) is 10.9. The first kappa shape index (κ1) is 37.7. The van der Waals surface area contributed by atoms with Gasteiger partial charge in [-0.05, 0) is 0 Å². The van der Waals surface area contributed by atoms with Crippen molar-refractivity contribution in [3.63, 3.8) is 0 Å². The molecule has 9 rings (SSSR count). The van der Waals surface area contributed by atoms with E-state index in [-0.39, 0.29) is 24.8 Å². The van der Waals surface area contributed by atoms with E-state index in [2.05, 4.69) is 202 Å². The smallest absolute Gasteiger partial charge is 1.00 e. The first-order chi connectivity index (χ1) is 25.6. The SMILES string of the molecule is Cc1ccc2c(c1)=[C]([Zr+2]=[C](c1ccccc1)c1ccccc1)C1=C(C3=CC=CC3)C(C)(c3ccccc3)C(c3ccccc3)=C(c3ccccc3)C=21.[Cl-].[Cl-]. The number of aryl methyl sites for hydroxylation is 1. The average molecular weight is 814 g/mol. The van der Waals surface area contributed by atoms with Gasteiger partial charge in [-0.25, -0.2) is 0 Å². The van der Waals surface area contributed by atoms with Crippen LogP contribution in [0.25, 0.3) is 20.0 Å². The number of allylic oxidation sites excluding steroid dienone is 8. The van der Waals surface area contributed by atoms with Crippen LogP contribution in [-0.4, -0.2) is 3.21 Å². The van der Waals surface area contributed by atoms with Crippen molar-refractivity contribution in [3.05, 3.63) is 249 Å². The van der Waals surface area contributed by atoms with E-state index in [0.29, 0.717) is 0 Å². The summed E-state index contributed by atoms with van der Waals surface area (Å²) in [5, 5.41) is 2.78. The molecule has 0 spiro atoms. The van der Waals surface area contributed by atoms with Crippen molar-refractivity contribution in [1.29, 1.82) is 0 Å². The van der Waals surface area contributed by atoms with Gasteiger partial charge < -0.3 is 24.8 Å². The number of rotatable bonds is 7. The van der Waals surface area contributed by atoms with E-state index in [1.54, 1.807) is 3.28 Å². The van der Waals surface area contributed by atoms with Gasteiger partial charge in [-0.3, -0.25) is 0 Å². The zero-order valence-corrected chi connectivity index (χ0v) is 34.3. The van der Waals surface area contributed by atoms with Gasteiger partial charge in [0, 0.05) is 0 Å². The fraction of sp³-hybridized carbons (Fsp3) is 0.0784. The minimum atomic E-state index is -1.49. The summed E-state index contributed by atoms with van der Waals surface area (Å²) in [5.74, 6) is 0. The summed E-state index contributed by atoms with van der Waals surface area (Å²) in [7, 11) is 0. The van der Waals surface area contributed by atoms with Gasteiger partial charge in [0.1, 0.15) is 0 Å². The predicted octanol–water partition coefficient (Wildman–Crippen LogP) is 4.39. The van der Waals surface area contributed by atoms with Gasteiger partial charge in [-0.1, -0.05) is 0 Å². The number of hydrogen-bond acceptors (Lipinski definition) is 0. The molecule has 54 heavy (non-hydrogen) atoms. The van der Waals surface area contributed by atoms with Crippen molar-refractivity contribution in [2.75, 3.05) is 0 Å². The number of benzene rings is 6. The van der Waals surface area contributed by atoms with Gasteiger partial charge in [0.05, 0.1) is 0 Å². The average Bonchev–Trinajstić information content (AvgIpc) is 3.84. The molecule has 6 aromatic rings. The van der Waals surface area contributed by atoms with Crippen LogP contribution in [0, 0.1) is 6.92 Å². The molecule has 1 atom stereocenters. The number of hydrogen-bond donors (Lipinski definition) is 0. The van der Waals surface area contributed by atoms with Crippen LogP contribution in [0.2, 0.25) is 0 Å². The molecule has 0 amide bonds. The van der Waals surface area contributed by atoms with Gasteiger partial charge in [-0.2, -0.15) is 0 Å². The van der Waals surface area contributed by atoms with E-state index in [0.717, 1.165) is 6.42 Å². The molecule has 3 aliphatic carbocycles. The van der Waals surface area contributed by atoms with E-state index < -0.39 is 28.2 Å². The van der Waals surface area contributed by atoms with Gasteiger partial charge in [0.25, 0.3) is 0 Å². The van der Waals surface area contributed by atoms with Crippen molar-refractivity contribution in [2.24, 2.45) is 0 Å². The Hall–Kier alpha value is -4.65. The molecule has 261 valence electrons. The molecule has 0 nitrogen and oxygen atoms in total. The Morgan fingerprint density at radius 2 is 1.07 bits per heavy atom. The van der Waals surface area contributed by atoms with E-state index in [1.807, 2.05) is 0 Å².